The molecule has 7 heteroatoms. The molecule has 0 amide bonds. The molecule has 2 rings (SSSR count). The van der Waals surface area contributed by atoms with Gasteiger partial charge < -0.3 is 10.5 Å². The summed E-state index contributed by atoms with van der Waals surface area (Å²) in [5, 5.41) is 0. The normalized spacial score (nSPS) is 11.1. The quantitative estimate of drug-likeness (QED) is 0.832. The summed E-state index contributed by atoms with van der Waals surface area (Å²) in [7, 11) is -3.92. The average molecular weight is 310 g/mol. The molecule has 0 radical (unpaired) electrons. The molecule has 0 aliphatic carbocycles. The van der Waals surface area contributed by atoms with Crippen LogP contribution in [0.2, 0.25) is 0 Å². The van der Waals surface area contributed by atoms with Crippen LogP contribution in [0.4, 0.5) is 15.8 Å². The van der Waals surface area contributed by atoms with Crippen LogP contribution < -0.4 is 15.2 Å². The molecule has 2 aromatic rings. The fourth-order valence-electron chi connectivity index (χ4n) is 1.77. The van der Waals surface area contributed by atoms with Crippen molar-refractivity contribution in [3.05, 3.63) is 48.3 Å². The van der Waals surface area contributed by atoms with Crippen molar-refractivity contribution in [1.82, 2.24) is 0 Å². The van der Waals surface area contributed by atoms with Crippen LogP contribution in [0.15, 0.2) is 47.4 Å². The molecule has 3 N–H and O–H groups in total. The van der Waals surface area contributed by atoms with Crippen LogP contribution in [-0.4, -0.2) is 15.0 Å². The molecule has 0 spiro atoms. The van der Waals surface area contributed by atoms with Crippen molar-refractivity contribution < 1.29 is 17.5 Å². The fourth-order valence-corrected chi connectivity index (χ4v) is 2.88. The van der Waals surface area contributed by atoms with Crippen molar-refractivity contribution in [2.75, 3.05) is 17.1 Å². The van der Waals surface area contributed by atoms with E-state index in [9.17, 15) is 12.8 Å². The maximum Gasteiger partial charge on any atom is 0.262 e. The molecule has 0 fully saturated rings. The molecular weight excluding hydrogens is 295 g/mol. The summed E-state index contributed by atoms with van der Waals surface area (Å²) in [4.78, 5) is -0.234. The Morgan fingerprint density at radius 3 is 2.67 bits per heavy atom. The second-order valence-corrected chi connectivity index (χ2v) is 5.97. The van der Waals surface area contributed by atoms with Gasteiger partial charge in [-0.3, -0.25) is 4.72 Å². The van der Waals surface area contributed by atoms with Gasteiger partial charge in [0.25, 0.3) is 10.0 Å². The van der Waals surface area contributed by atoms with E-state index in [2.05, 4.69) is 4.72 Å². The molecule has 0 unspecified atom stereocenters. The smallest absolute Gasteiger partial charge is 0.262 e. The van der Waals surface area contributed by atoms with E-state index in [4.69, 9.17) is 10.5 Å². The zero-order valence-corrected chi connectivity index (χ0v) is 12.2. The Bertz CT molecular complexity index is 727. The van der Waals surface area contributed by atoms with E-state index < -0.39 is 15.8 Å². The lowest BCUT2D eigenvalue weighted by atomic mass is 10.3. The summed E-state index contributed by atoms with van der Waals surface area (Å²) < 4.78 is 45.3. The highest BCUT2D eigenvalue weighted by atomic mass is 32.2. The molecule has 0 saturated carbocycles. The molecule has 0 aliphatic heterocycles. The van der Waals surface area contributed by atoms with Gasteiger partial charge in [0.15, 0.2) is 0 Å². The number of benzene rings is 2. The lowest BCUT2D eigenvalue weighted by Gasteiger charge is -2.10. The van der Waals surface area contributed by atoms with E-state index in [0.29, 0.717) is 18.0 Å². The van der Waals surface area contributed by atoms with Crippen LogP contribution in [0.3, 0.4) is 0 Å². The minimum Gasteiger partial charge on any atom is -0.494 e. The van der Waals surface area contributed by atoms with E-state index in [-0.39, 0.29) is 10.6 Å². The van der Waals surface area contributed by atoms with Gasteiger partial charge in [-0.05, 0) is 37.3 Å². The van der Waals surface area contributed by atoms with Crippen molar-refractivity contribution >= 4 is 21.4 Å². The van der Waals surface area contributed by atoms with E-state index in [0.717, 1.165) is 12.1 Å². The standard InChI is InChI=1S/C14H15FN2O3S/c1-2-20-13-5-3-4-12(9-13)17-21(18,19)14-7-10(15)6-11(16)8-14/h3-9,17H,2,16H2,1H3. The third kappa shape index (κ3) is 3.85. The van der Waals surface area contributed by atoms with E-state index >= 15 is 0 Å². The maximum atomic E-state index is 13.3. The molecular formula is C14H15FN2O3S. The van der Waals surface area contributed by atoms with Gasteiger partial charge in [-0.2, -0.15) is 0 Å². The summed E-state index contributed by atoms with van der Waals surface area (Å²) in [6.45, 7) is 2.29. The first-order chi connectivity index (χ1) is 9.90. The van der Waals surface area contributed by atoms with Gasteiger partial charge >= 0.3 is 0 Å². The Morgan fingerprint density at radius 2 is 2.00 bits per heavy atom. The highest BCUT2D eigenvalue weighted by Crippen LogP contribution is 2.22. The van der Waals surface area contributed by atoms with Crippen LogP contribution >= 0.6 is 0 Å². The van der Waals surface area contributed by atoms with Crippen LogP contribution in [-0.2, 0) is 10.0 Å². The topological polar surface area (TPSA) is 81.4 Å². The maximum absolute atomic E-state index is 13.3. The Kier molecular flexibility index (Phi) is 4.32. The third-order valence-corrected chi connectivity index (χ3v) is 3.96. The number of ether oxygens (including phenoxy) is 1. The number of sulfonamides is 1. The Morgan fingerprint density at radius 1 is 1.24 bits per heavy atom. The van der Waals surface area contributed by atoms with E-state index in [1.54, 1.807) is 24.3 Å². The number of halogens is 1. The number of hydrogen-bond donors (Lipinski definition) is 2. The van der Waals surface area contributed by atoms with Gasteiger partial charge in [-0.15, -0.1) is 0 Å². The van der Waals surface area contributed by atoms with Gasteiger partial charge in [0, 0.05) is 11.8 Å². The second-order valence-electron chi connectivity index (χ2n) is 4.29. The summed E-state index contributed by atoms with van der Waals surface area (Å²) in [5.74, 6) is -0.171. The van der Waals surface area contributed by atoms with Crippen LogP contribution in [0.5, 0.6) is 5.75 Å². The monoisotopic (exact) mass is 310 g/mol. The van der Waals surface area contributed by atoms with Gasteiger partial charge in [0.2, 0.25) is 0 Å². The van der Waals surface area contributed by atoms with Crippen LogP contribution in [0, 0.1) is 5.82 Å². The molecule has 0 saturated heterocycles. The molecule has 112 valence electrons. The van der Waals surface area contributed by atoms with Crippen molar-refractivity contribution in [3.63, 3.8) is 0 Å². The molecule has 2 aromatic carbocycles. The zero-order chi connectivity index (χ0) is 15.5. The summed E-state index contributed by atoms with van der Waals surface area (Å²) in [6.07, 6.45) is 0. The minimum absolute atomic E-state index is 0.0402. The number of hydrogen-bond acceptors (Lipinski definition) is 4. The molecule has 0 aromatic heterocycles. The highest BCUT2D eigenvalue weighted by molar-refractivity contribution is 7.92. The first-order valence-electron chi connectivity index (χ1n) is 6.22. The van der Waals surface area contributed by atoms with Gasteiger partial charge in [0.05, 0.1) is 17.2 Å². The van der Waals surface area contributed by atoms with Crippen LogP contribution in [0.25, 0.3) is 0 Å². The van der Waals surface area contributed by atoms with Crippen LogP contribution in [0.1, 0.15) is 6.92 Å². The largest absolute Gasteiger partial charge is 0.494 e. The predicted molar refractivity (Wildman–Crippen MR) is 79.2 cm³/mol. The Balaban J connectivity index is 2.30. The average Bonchev–Trinajstić information content (AvgIpc) is 2.38. The lowest BCUT2D eigenvalue weighted by Crippen LogP contribution is -2.13. The molecule has 5 nitrogen and oxygen atoms in total. The number of nitrogens with one attached hydrogen (secondary N) is 1. The minimum atomic E-state index is -3.92. The summed E-state index contributed by atoms with van der Waals surface area (Å²) in [6, 6.07) is 9.63. The summed E-state index contributed by atoms with van der Waals surface area (Å²) in [5.41, 5.74) is 5.82. The Hall–Kier alpha value is -2.28. The summed E-state index contributed by atoms with van der Waals surface area (Å²) >= 11 is 0. The number of nitrogens with two attached hydrogens (primary N) is 1. The van der Waals surface area contributed by atoms with E-state index in [1.165, 1.54) is 6.07 Å². The van der Waals surface area contributed by atoms with Gasteiger partial charge in [-0.25, -0.2) is 12.8 Å². The van der Waals surface area contributed by atoms with Crippen molar-refractivity contribution in [1.29, 1.82) is 0 Å². The van der Waals surface area contributed by atoms with E-state index in [1.807, 2.05) is 6.92 Å². The van der Waals surface area contributed by atoms with Gasteiger partial charge in [0.1, 0.15) is 11.6 Å². The van der Waals surface area contributed by atoms with Crippen molar-refractivity contribution in [2.24, 2.45) is 0 Å². The second kappa shape index (κ2) is 6.01. The number of anilines is 2. The molecule has 0 atom stereocenters. The number of rotatable bonds is 5. The molecule has 0 aliphatic rings. The fraction of sp³-hybridized carbons (Fsp3) is 0.143. The third-order valence-electron chi connectivity index (χ3n) is 2.60. The van der Waals surface area contributed by atoms with Gasteiger partial charge in [-0.1, -0.05) is 6.07 Å². The first-order valence-corrected chi connectivity index (χ1v) is 7.71. The number of nitrogen functional groups attached to an aromatic ring is 1. The molecule has 21 heavy (non-hydrogen) atoms. The molecule has 0 bridgehead atoms. The SMILES string of the molecule is CCOc1cccc(NS(=O)(=O)c2cc(N)cc(F)c2)c1. The van der Waals surface area contributed by atoms with Crippen molar-refractivity contribution in [2.45, 2.75) is 11.8 Å². The molecule has 0 heterocycles. The predicted octanol–water partition coefficient (Wildman–Crippen LogP) is 2.61. The highest BCUT2D eigenvalue weighted by Gasteiger charge is 2.16. The first kappa shape index (κ1) is 15.1. The lowest BCUT2D eigenvalue weighted by molar-refractivity contribution is 0.340. The van der Waals surface area contributed by atoms with Crippen molar-refractivity contribution in [3.8, 4) is 5.75 Å². The zero-order valence-electron chi connectivity index (χ0n) is 11.3. The Labute approximate surface area is 122 Å².